The zero-order chi connectivity index (χ0) is 17.9. The van der Waals surface area contributed by atoms with E-state index in [0.29, 0.717) is 5.56 Å². The zero-order valence-electron chi connectivity index (χ0n) is 12.7. The van der Waals surface area contributed by atoms with Gasteiger partial charge >= 0.3 is 5.97 Å². The number of aryl methyl sites for hydroxylation is 1. The Morgan fingerprint density at radius 2 is 2.00 bits per heavy atom. The van der Waals surface area contributed by atoms with Crippen LogP contribution >= 0.6 is 15.9 Å². The summed E-state index contributed by atoms with van der Waals surface area (Å²) >= 11 is 3.29. The number of sulfonamides is 1. The number of hydrogen-bond donors (Lipinski definition) is 3. The van der Waals surface area contributed by atoms with Crippen LogP contribution in [0, 0.1) is 0 Å². The van der Waals surface area contributed by atoms with Crippen molar-refractivity contribution >= 4 is 31.9 Å². The van der Waals surface area contributed by atoms with Gasteiger partial charge in [0.15, 0.2) is 5.69 Å². The second kappa shape index (κ2) is 7.43. The molecular formula is C14H16BrN3O5S. The summed E-state index contributed by atoms with van der Waals surface area (Å²) in [6.07, 6.45) is 0.286. The molecule has 0 aliphatic heterocycles. The number of nitrogens with zero attached hydrogens (tertiary/aromatic N) is 2. The topological polar surface area (TPSA) is 122 Å². The van der Waals surface area contributed by atoms with Gasteiger partial charge in [-0.3, -0.25) is 4.68 Å². The SMILES string of the molecule is Cn1ncc(S(=O)(=O)NCCC(O)c2ccc(Br)cc2)c1C(=O)O. The summed E-state index contributed by atoms with van der Waals surface area (Å²) in [5.74, 6) is -1.38. The number of rotatable bonds is 7. The summed E-state index contributed by atoms with van der Waals surface area (Å²) in [6, 6.07) is 7.01. The van der Waals surface area contributed by atoms with Gasteiger partial charge in [-0.05, 0) is 24.1 Å². The van der Waals surface area contributed by atoms with Gasteiger partial charge in [-0.1, -0.05) is 28.1 Å². The Hall–Kier alpha value is -1.75. The highest BCUT2D eigenvalue weighted by atomic mass is 79.9. The van der Waals surface area contributed by atoms with Crippen molar-refractivity contribution in [2.24, 2.45) is 7.05 Å². The molecule has 0 amide bonds. The average Bonchev–Trinajstić information content (AvgIpc) is 2.90. The Balaban J connectivity index is 2.03. The number of aromatic carboxylic acids is 1. The predicted molar refractivity (Wildman–Crippen MR) is 89.1 cm³/mol. The van der Waals surface area contributed by atoms with E-state index in [0.717, 1.165) is 15.4 Å². The summed E-state index contributed by atoms with van der Waals surface area (Å²) in [5.41, 5.74) is 0.237. The zero-order valence-corrected chi connectivity index (χ0v) is 15.1. The van der Waals surface area contributed by atoms with E-state index in [9.17, 15) is 18.3 Å². The molecule has 0 saturated heterocycles. The highest BCUT2D eigenvalue weighted by Gasteiger charge is 2.26. The van der Waals surface area contributed by atoms with Gasteiger partial charge in [0.05, 0.1) is 12.3 Å². The number of carbonyl (C=O) groups is 1. The lowest BCUT2D eigenvalue weighted by Gasteiger charge is -2.12. The van der Waals surface area contributed by atoms with E-state index >= 15 is 0 Å². The molecule has 0 fully saturated rings. The molecule has 2 aromatic rings. The number of nitrogens with one attached hydrogen (secondary N) is 1. The van der Waals surface area contributed by atoms with Crippen LogP contribution in [0.15, 0.2) is 39.8 Å². The minimum atomic E-state index is -4.03. The van der Waals surface area contributed by atoms with E-state index in [-0.39, 0.29) is 13.0 Å². The van der Waals surface area contributed by atoms with Crippen LogP contribution in [0.25, 0.3) is 0 Å². The van der Waals surface area contributed by atoms with Gasteiger partial charge in [-0.25, -0.2) is 17.9 Å². The maximum atomic E-state index is 12.2. The van der Waals surface area contributed by atoms with Gasteiger partial charge in [0.25, 0.3) is 0 Å². The first-order chi connectivity index (χ1) is 11.2. The normalized spacial score (nSPS) is 13.0. The minimum Gasteiger partial charge on any atom is -0.476 e. The van der Waals surface area contributed by atoms with E-state index in [2.05, 4.69) is 25.8 Å². The van der Waals surface area contributed by atoms with Crippen LogP contribution in [-0.2, 0) is 17.1 Å². The summed E-state index contributed by atoms with van der Waals surface area (Å²) in [6.45, 7) is -0.0481. The molecule has 10 heteroatoms. The molecule has 0 spiro atoms. The molecule has 0 radical (unpaired) electrons. The molecule has 0 saturated carbocycles. The maximum Gasteiger partial charge on any atom is 0.355 e. The molecule has 2 rings (SSSR count). The number of aromatic nitrogens is 2. The van der Waals surface area contributed by atoms with Gasteiger partial charge in [0, 0.05) is 18.1 Å². The standard InChI is InChI=1S/C14H16BrN3O5S/c1-18-13(14(20)21)12(8-16-18)24(22,23)17-7-6-11(19)9-2-4-10(15)5-3-9/h2-5,8,11,17,19H,6-7H2,1H3,(H,20,21). The van der Waals surface area contributed by atoms with Crippen LogP contribution in [0.2, 0.25) is 0 Å². The van der Waals surface area contributed by atoms with Crippen molar-refractivity contribution in [1.82, 2.24) is 14.5 Å². The number of carboxylic acids is 1. The highest BCUT2D eigenvalue weighted by Crippen LogP contribution is 2.20. The maximum absolute atomic E-state index is 12.2. The van der Waals surface area contributed by atoms with E-state index in [1.165, 1.54) is 7.05 Å². The number of halogens is 1. The Labute approximate surface area is 147 Å². The fraction of sp³-hybridized carbons (Fsp3) is 0.286. The second-order valence-corrected chi connectivity index (χ2v) is 7.69. The minimum absolute atomic E-state index is 0.0481. The molecule has 0 aliphatic rings. The van der Waals surface area contributed by atoms with Crippen molar-refractivity contribution < 1.29 is 23.4 Å². The molecule has 0 aliphatic carbocycles. The third kappa shape index (κ3) is 4.20. The third-order valence-electron chi connectivity index (χ3n) is 3.36. The first kappa shape index (κ1) is 18.6. The predicted octanol–water partition coefficient (Wildman–Crippen LogP) is 1.28. The van der Waals surface area contributed by atoms with Crippen molar-refractivity contribution in [1.29, 1.82) is 0 Å². The van der Waals surface area contributed by atoms with Gasteiger partial charge < -0.3 is 10.2 Å². The van der Waals surface area contributed by atoms with E-state index < -0.39 is 32.7 Å². The molecule has 1 aromatic carbocycles. The van der Waals surface area contributed by atoms with Crippen LogP contribution < -0.4 is 4.72 Å². The van der Waals surface area contributed by atoms with Gasteiger partial charge in [-0.15, -0.1) is 0 Å². The van der Waals surface area contributed by atoms with E-state index in [1.807, 2.05) is 0 Å². The number of carboxylic acid groups (broad SMARTS) is 1. The number of aliphatic hydroxyl groups is 1. The molecule has 1 unspecified atom stereocenters. The Morgan fingerprint density at radius 3 is 2.58 bits per heavy atom. The Bertz CT molecular complexity index is 833. The second-order valence-electron chi connectivity index (χ2n) is 5.04. The molecule has 1 atom stereocenters. The fourth-order valence-corrected chi connectivity index (χ4v) is 3.58. The first-order valence-corrected chi connectivity index (χ1v) is 9.18. The molecule has 0 bridgehead atoms. The highest BCUT2D eigenvalue weighted by molar-refractivity contribution is 9.10. The Morgan fingerprint density at radius 1 is 1.38 bits per heavy atom. The van der Waals surface area contributed by atoms with Crippen molar-refractivity contribution in [3.63, 3.8) is 0 Å². The summed E-state index contributed by atoms with van der Waals surface area (Å²) in [4.78, 5) is 10.7. The quantitative estimate of drug-likeness (QED) is 0.623. The van der Waals surface area contributed by atoms with Gasteiger partial charge in [-0.2, -0.15) is 5.10 Å². The van der Waals surface area contributed by atoms with Crippen LogP contribution in [0.5, 0.6) is 0 Å². The lowest BCUT2D eigenvalue weighted by atomic mass is 10.1. The van der Waals surface area contributed by atoms with Crippen molar-refractivity contribution in [2.75, 3.05) is 6.54 Å². The first-order valence-electron chi connectivity index (χ1n) is 6.91. The monoisotopic (exact) mass is 417 g/mol. The third-order valence-corrected chi connectivity index (χ3v) is 5.35. The van der Waals surface area contributed by atoms with E-state index in [1.54, 1.807) is 24.3 Å². The molecular weight excluding hydrogens is 402 g/mol. The van der Waals surface area contributed by atoms with Gasteiger partial charge in [0.1, 0.15) is 4.90 Å². The van der Waals surface area contributed by atoms with Crippen LogP contribution in [-0.4, -0.2) is 40.9 Å². The van der Waals surface area contributed by atoms with Crippen molar-refractivity contribution in [3.05, 3.63) is 46.2 Å². The number of benzene rings is 1. The molecule has 1 heterocycles. The molecule has 8 nitrogen and oxygen atoms in total. The van der Waals surface area contributed by atoms with Crippen LogP contribution in [0.4, 0.5) is 0 Å². The van der Waals surface area contributed by atoms with Crippen molar-refractivity contribution in [3.8, 4) is 0 Å². The molecule has 130 valence electrons. The summed E-state index contributed by atoms with van der Waals surface area (Å²) in [7, 11) is -2.69. The summed E-state index contributed by atoms with van der Waals surface area (Å²) in [5, 5.41) is 22.8. The van der Waals surface area contributed by atoms with Crippen molar-refractivity contribution in [2.45, 2.75) is 17.4 Å². The largest absolute Gasteiger partial charge is 0.476 e. The smallest absolute Gasteiger partial charge is 0.355 e. The number of hydrogen-bond acceptors (Lipinski definition) is 5. The fourth-order valence-electron chi connectivity index (χ4n) is 2.12. The summed E-state index contributed by atoms with van der Waals surface area (Å²) < 4.78 is 28.6. The van der Waals surface area contributed by atoms with E-state index in [4.69, 9.17) is 5.11 Å². The molecule has 24 heavy (non-hydrogen) atoms. The van der Waals surface area contributed by atoms with Crippen LogP contribution in [0.3, 0.4) is 0 Å². The number of aliphatic hydroxyl groups excluding tert-OH is 1. The molecule has 1 aromatic heterocycles. The van der Waals surface area contributed by atoms with Gasteiger partial charge in [0.2, 0.25) is 10.0 Å². The van der Waals surface area contributed by atoms with Crippen LogP contribution in [0.1, 0.15) is 28.6 Å². The average molecular weight is 418 g/mol. The lowest BCUT2D eigenvalue weighted by Crippen LogP contribution is -2.27. The lowest BCUT2D eigenvalue weighted by molar-refractivity contribution is 0.0680. The molecule has 3 N–H and O–H groups in total. The Kier molecular flexibility index (Phi) is 5.75.